The Morgan fingerprint density at radius 3 is 2.50 bits per heavy atom. The number of nitrogens with zero attached hydrogens (tertiary/aromatic N) is 2. The molecule has 1 atom stereocenters. The molecule has 2 fully saturated rings. The predicted octanol–water partition coefficient (Wildman–Crippen LogP) is -0.228. The van der Waals surface area contributed by atoms with Gasteiger partial charge in [0, 0.05) is 25.7 Å². The second-order valence-corrected chi connectivity index (χ2v) is 5.36. The third kappa shape index (κ3) is 2.93. The molecule has 0 aromatic heterocycles. The number of carbonyl (C=O) groups is 2. The first kappa shape index (κ1) is 15.2. The lowest BCUT2D eigenvalue weighted by molar-refractivity contribution is -0.130. The summed E-state index contributed by atoms with van der Waals surface area (Å²) in [5, 5.41) is 2.67. The highest BCUT2D eigenvalue weighted by Crippen LogP contribution is 2.16. The van der Waals surface area contributed by atoms with Crippen LogP contribution in [0.1, 0.15) is 20.3 Å². The molecule has 2 saturated heterocycles. The molecular weight excluding hydrogens is 256 g/mol. The second-order valence-electron chi connectivity index (χ2n) is 5.36. The van der Waals surface area contributed by atoms with E-state index >= 15 is 0 Å². The van der Waals surface area contributed by atoms with E-state index in [1.807, 2.05) is 0 Å². The molecule has 0 aromatic rings. The standard InChI is InChI=1S/C11H20N4O2.ClH/c1-11(2)9(16)15(10(17)13-11)6-5-14-4-3-8(12)7-14;/h8H,3-7,12H2,1-2H3,(H,13,17);1H/t8-;/m0./s1. The molecule has 0 spiro atoms. The van der Waals surface area contributed by atoms with Crippen LogP contribution in [0, 0.1) is 0 Å². The van der Waals surface area contributed by atoms with Gasteiger partial charge in [-0.3, -0.25) is 14.6 Å². The summed E-state index contributed by atoms with van der Waals surface area (Å²) in [6.45, 7) is 6.41. The third-order valence-corrected chi connectivity index (χ3v) is 3.39. The van der Waals surface area contributed by atoms with E-state index in [1.54, 1.807) is 13.8 Å². The van der Waals surface area contributed by atoms with Crippen LogP contribution >= 0.6 is 12.4 Å². The Hall–Kier alpha value is -0.850. The van der Waals surface area contributed by atoms with E-state index < -0.39 is 5.54 Å². The quantitative estimate of drug-likeness (QED) is 0.698. The fourth-order valence-electron chi connectivity index (χ4n) is 2.33. The van der Waals surface area contributed by atoms with Gasteiger partial charge in [0.25, 0.3) is 5.91 Å². The van der Waals surface area contributed by atoms with Crippen molar-refractivity contribution in [2.24, 2.45) is 5.73 Å². The third-order valence-electron chi connectivity index (χ3n) is 3.39. The monoisotopic (exact) mass is 276 g/mol. The minimum absolute atomic E-state index is 0. The van der Waals surface area contributed by atoms with Crippen molar-refractivity contribution >= 4 is 24.3 Å². The van der Waals surface area contributed by atoms with Gasteiger partial charge in [-0.05, 0) is 26.8 Å². The number of amides is 3. The SMILES string of the molecule is CC1(C)NC(=O)N(CCN2CC[C@H](N)C2)C1=O.Cl. The van der Waals surface area contributed by atoms with Gasteiger partial charge in [0.15, 0.2) is 0 Å². The van der Waals surface area contributed by atoms with Gasteiger partial charge >= 0.3 is 6.03 Å². The number of imide groups is 1. The number of carbonyl (C=O) groups excluding carboxylic acids is 2. The second kappa shape index (κ2) is 5.42. The Kier molecular flexibility index (Phi) is 4.58. The van der Waals surface area contributed by atoms with Crippen molar-refractivity contribution in [3.8, 4) is 0 Å². The zero-order valence-corrected chi connectivity index (χ0v) is 11.6. The van der Waals surface area contributed by atoms with E-state index in [-0.39, 0.29) is 30.4 Å². The van der Waals surface area contributed by atoms with Crippen LogP contribution in [0.5, 0.6) is 0 Å². The van der Waals surface area contributed by atoms with Gasteiger partial charge in [0.2, 0.25) is 0 Å². The van der Waals surface area contributed by atoms with Crippen LogP contribution < -0.4 is 11.1 Å². The Balaban J connectivity index is 0.00000162. The first-order valence-corrected chi connectivity index (χ1v) is 6.02. The van der Waals surface area contributed by atoms with Crippen molar-refractivity contribution in [1.29, 1.82) is 0 Å². The zero-order chi connectivity index (χ0) is 12.6. The van der Waals surface area contributed by atoms with Crippen molar-refractivity contribution in [2.75, 3.05) is 26.2 Å². The molecule has 2 heterocycles. The van der Waals surface area contributed by atoms with Crippen molar-refractivity contribution in [2.45, 2.75) is 31.8 Å². The average Bonchev–Trinajstić information content (AvgIpc) is 2.70. The molecule has 7 heteroatoms. The van der Waals surface area contributed by atoms with Crippen LogP contribution in [-0.4, -0.2) is 59.5 Å². The molecule has 2 aliphatic heterocycles. The van der Waals surface area contributed by atoms with Gasteiger partial charge in [-0.2, -0.15) is 0 Å². The molecule has 0 bridgehead atoms. The first-order chi connectivity index (χ1) is 7.90. The Bertz CT molecular complexity index is 348. The highest BCUT2D eigenvalue weighted by atomic mass is 35.5. The fourth-order valence-corrected chi connectivity index (χ4v) is 2.33. The summed E-state index contributed by atoms with van der Waals surface area (Å²) in [4.78, 5) is 27.0. The van der Waals surface area contributed by atoms with Crippen molar-refractivity contribution < 1.29 is 9.59 Å². The molecule has 0 aromatic carbocycles. The number of likely N-dealkylation sites (tertiary alicyclic amines) is 1. The molecule has 0 saturated carbocycles. The summed E-state index contributed by atoms with van der Waals surface area (Å²) in [5.41, 5.74) is 5.04. The van der Waals surface area contributed by atoms with Gasteiger partial charge in [0.05, 0.1) is 0 Å². The van der Waals surface area contributed by atoms with Crippen LogP contribution in [0.4, 0.5) is 4.79 Å². The number of halogens is 1. The fraction of sp³-hybridized carbons (Fsp3) is 0.818. The van der Waals surface area contributed by atoms with E-state index in [0.29, 0.717) is 13.1 Å². The van der Waals surface area contributed by atoms with Crippen LogP contribution in [0.2, 0.25) is 0 Å². The molecule has 3 N–H and O–H groups in total. The Morgan fingerprint density at radius 2 is 2.06 bits per heavy atom. The van der Waals surface area contributed by atoms with Gasteiger partial charge in [-0.1, -0.05) is 0 Å². The predicted molar refractivity (Wildman–Crippen MR) is 70.6 cm³/mol. The number of hydrogen-bond acceptors (Lipinski definition) is 4. The number of hydrogen-bond donors (Lipinski definition) is 2. The van der Waals surface area contributed by atoms with Crippen molar-refractivity contribution in [1.82, 2.24) is 15.1 Å². The summed E-state index contributed by atoms with van der Waals surface area (Å²) >= 11 is 0. The maximum absolute atomic E-state index is 11.9. The lowest BCUT2D eigenvalue weighted by Crippen LogP contribution is -2.41. The normalized spacial score (nSPS) is 27.3. The lowest BCUT2D eigenvalue weighted by atomic mass is 10.1. The summed E-state index contributed by atoms with van der Waals surface area (Å²) in [6.07, 6.45) is 0.992. The van der Waals surface area contributed by atoms with Gasteiger partial charge < -0.3 is 11.1 Å². The molecule has 0 unspecified atom stereocenters. The molecule has 3 amide bonds. The van der Waals surface area contributed by atoms with Crippen LogP contribution in [0.15, 0.2) is 0 Å². The Labute approximate surface area is 113 Å². The minimum atomic E-state index is -0.765. The van der Waals surface area contributed by atoms with Crippen LogP contribution in [0.3, 0.4) is 0 Å². The molecule has 0 radical (unpaired) electrons. The topological polar surface area (TPSA) is 78.7 Å². The molecule has 2 rings (SSSR count). The minimum Gasteiger partial charge on any atom is -0.326 e. The molecule has 2 aliphatic rings. The lowest BCUT2D eigenvalue weighted by Gasteiger charge is -2.20. The van der Waals surface area contributed by atoms with Crippen LogP contribution in [0.25, 0.3) is 0 Å². The number of rotatable bonds is 3. The Morgan fingerprint density at radius 1 is 1.39 bits per heavy atom. The molecule has 104 valence electrons. The van der Waals surface area contributed by atoms with E-state index in [2.05, 4.69) is 10.2 Å². The number of urea groups is 1. The maximum atomic E-state index is 11.9. The highest BCUT2D eigenvalue weighted by molar-refractivity contribution is 6.06. The number of nitrogens with two attached hydrogens (primary N) is 1. The van der Waals surface area contributed by atoms with E-state index in [9.17, 15) is 9.59 Å². The average molecular weight is 277 g/mol. The van der Waals surface area contributed by atoms with E-state index in [1.165, 1.54) is 4.90 Å². The molecule has 18 heavy (non-hydrogen) atoms. The van der Waals surface area contributed by atoms with Gasteiger partial charge in [-0.25, -0.2) is 4.79 Å². The highest BCUT2D eigenvalue weighted by Gasteiger charge is 2.44. The van der Waals surface area contributed by atoms with Crippen molar-refractivity contribution in [3.05, 3.63) is 0 Å². The summed E-state index contributed by atoms with van der Waals surface area (Å²) in [6, 6.07) is -0.0574. The first-order valence-electron chi connectivity index (χ1n) is 6.02. The van der Waals surface area contributed by atoms with E-state index in [4.69, 9.17) is 5.73 Å². The maximum Gasteiger partial charge on any atom is 0.325 e. The van der Waals surface area contributed by atoms with E-state index in [0.717, 1.165) is 19.5 Å². The number of nitrogens with one attached hydrogen (secondary N) is 1. The van der Waals surface area contributed by atoms with Crippen molar-refractivity contribution in [3.63, 3.8) is 0 Å². The molecular formula is C11H21ClN4O2. The van der Waals surface area contributed by atoms with Gasteiger partial charge in [-0.15, -0.1) is 12.4 Å². The zero-order valence-electron chi connectivity index (χ0n) is 10.8. The molecule has 0 aliphatic carbocycles. The largest absolute Gasteiger partial charge is 0.326 e. The van der Waals surface area contributed by atoms with Crippen LogP contribution in [-0.2, 0) is 4.79 Å². The summed E-state index contributed by atoms with van der Waals surface area (Å²) in [5.74, 6) is -0.147. The molecule has 6 nitrogen and oxygen atoms in total. The summed E-state index contributed by atoms with van der Waals surface area (Å²) < 4.78 is 0. The smallest absolute Gasteiger partial charge is 0.325 e. The van der Waals surface area contributed by atoms with Gasteiger partial charge in [0.1, 0.15) is 5.54 Å². The summed E-state index contributed by atoms with van der Waals surface area (Å²) in [7, 11) is 0.